The van der Waals surface area contributed by atoms with Crippen LogP contribution in [0.2, 0.25) is 5.02 Å². The molecule has 0 bridgehead atoms. The van der Waals surface area contributed by atoms with E-state index in [1.54, 1.807) is 24.4 Å². The van der Waals surface area contributed by atoms with Crippen LogP contribution in [0.4, 0.5) is 0 Å². The van der Waals surface area contributed by atoms with E-state index in [1.165, 1.54) is 7.11 Å². The lowest BCUT2D eigenvalue weighted by atomic mass is 10.0. The van der Waals surface area contributed by atoms with Crippen LogP contribution in [0.15, 0.2) is 24.4 Å². The Hall–Kier alpha value is -2.18. The summed E-state index contributed by atoms with van der Waals surface area (Å²) in [5, 5.41) is 0.452. The van der Waals surface area contributed by atoms with Crippen molar-refractivity contribution in [2.75, 3.05) is 7.11 Å². The molecule has 1 fully saturated rings. The van der Waals surface area contributed by atoms with Crippen molar-refractivity contribution < 1.29 is 9.53 Å². The number of nitrogen functional groups attached to an aromatic ring is 1. The second kappa shape index (κ2) is 5.90. The standard InChI is InChI=1S/C15H15ClN4O2/c1-22-11-4-2-3-10(16)12(11)9-7-18-14(8-5-6-8)19-13(9)15(21)20-17/h2-4,7-8H,5-6,17H2,1H3,(H,20,21). The summed E-state index contributed by atoms with van der Waals surface area (Å²) in [6, 6.07) is 5.26. The number of ether oxygens (including phenoxy) is 1. The van der Waals surface area contributed by atoms with E-state index in [2.05, 4.69) is 15.4 Å². The number of halogens is 1. The molecule has 3 rings (SSSR count). The number of hydrogen-bond acceptors (Lipinski definition) is 5. The lowest BCUT2D eigenvalue weighted by Gasteiger charge is -2.13. The van der Waals surface area contributed by atoms with Crippen molar-refractivity contribution >= 4 is 17.5 Å². The first-order chi connectivity index (χ1) is 10.7. The highest BCUT2D eigenvalue weighted by atomic mass is 35.5. The van der Waals surface area contributed by atoms with Crippen LogP contribution in [0.1, 0.15) is 35.1 Å². The van der Waals surface area contributed by atoms with Crippen LogP contribution >= 0.6 is 11.6 Å². The maximum atomic E-state index is 12.1. The van der Waals surface area contributed by atoms with Crippen molar-refractivity contribution in [1.82, 2.24) is 15.4 Å². The third-order valence-electron chi connectivity index (χ3n) is 3.56. The van der Waals surface area contributed by atoms with Crippen molar-refractivity contribution in [3.8, 4) is 16.9 Å². The van der Waals surface area contributed by atoms with Gasteiger partial charge in [-0.05, 0) is 25.0 Å². The van der Waals surface area contributed by atoms with E-state index in [-0.39, 0.29) is 5.69 Å². The smallest absolute Gasteiger partial charge is 0.284 e. The van der Waals surface area contributed by atoms with Gasteiger partial charge in [-0.25, -0.2) is 15.8 Å². The quantitative estimate of drug-likeness (QED) is 0.513. The number of aromatic nitrogens is 2. The molecule has 1 aliphatic carbocycles. The molecule has 0 spiro atoms. The fourth-order valence-electron chi connectivity index (χ4n) is 2.29. The number of methoxy groups -OCH3 is 1. The highest BCUT2D eigenvalue weighted by Gasteiger charge is 2.29. The van der Waals surface area contributed by atoms with Gasteiger partial charge >= 0.3 is 0 Å². The van der Waals surface area contributed by atoms with Gasteiger partial charge in [0.05, 0.1) is 12.1 Å². The molecule has 7 heteroatoms. The molecule has 1 aromatic heterocycles. The number of benzene rings is 1. The molecule has 6 nitrogen and oxygen atoms in total. The molecule has 22 heavy (non-hydrogen) atoms. The maximum Gasteiger partial charge on any atom is 0.284 e. The summed E-state index contributed by atoms with van der Waals surface area (Å²) in [6.07, 6.45) is 3.69. The van der Waals surface area contributed by atoms with E-state index in [1.807, 2.05) is 0 Å². The second-order valence-electron chi connectivity index (χ2n) is 5.06. The predicted octanol–water partition coefficient (Wildman–Crippen LogP) is 2.29. The molecular formula is C15H15ClN4O2. The van der Waals surface area contributed by atoms with E-state index in [4.69, 9.17) is 22.2 Å². The predicted molar refractivity (Wildman–Crippen MR) is 82.7 cm³/mol. The van der Waals surface area contributed by atoms with E-state index < -0.39 is 5.91 Å². The molecular weight excluding hydrogens is 304 g/mol. The average molecular weight is 319 g/mol. The Balaban J connectivity index is 2.20. The van der Waals surface area contributed by atoms with Crippen molar-refractivity contribution in [2.45, 2.75) is 18.8 Å². The van der Waals surface area contributed by atoms with Crippen molar-refractivity contribution in [1.29, 1.82) is 0 Å². The molecule has 0 radical (unpaired) electrons. The number of carbonyl (C=O) groups excluding carboxylic acids is 1. The first kappa shape index (κ1) is 14.7. The number of hydrazine groups is 1. The Morgan fingerprint density at radius 2 is 2.23 bits per heavy atom. The Bertz CT molecular complexity index is 731. The van der Waals surface area contributed by atoms with Crippen LogP contribution in [-0.2, 0) is 0 Å². The molecule has 0 aliphatic heterocycles. The SMILES string of the molecule is COc1cccc(Cl)c1-c1cnc(C2CC2)nc1C(=O)NN. The lowest BCUT2D eigenvalue weighted by Crippen LogP contribution is -2.31. The minimum atomic E-state index is -0.485. The van der Waals surface area contributed by atoms with Gasteiger partial charge in [0, 0.05) is 23.2 Å². The monoisotopic (exact) mass is 318 g/mol. The van der Waals surface area contributed by atoms with E-state index in [0.29, 0.717) is 33.6 Å². The molecule has 1 saturated carbocycles. The average Bonchev–Trinajstić information content (AvgIpc) is 3.38. The number of rotatable bonds is 4. The zero-order chi connectivity index (χ0) is 15.7. The Labute approximate surface area is 132 Å². The van der Waals surface area contributed by atoms with Crippen molar-refractivity contribution in [3.05, 3.63) is 40.9 Å². The lowest BCUT2D eigenvalue weighted by molar-refractivity contribution is 0.0949. The van der Waals surface area contributed by atoms with E-state index >= 15 is 0 Å². The Kier molecular flexibility index (Phi) is 3.96. The van der Waals surface area contributed by atoms with Gasteiger partial charge in [0.25, 0.3) is 5.91 Å². The van der Waals surface area contributed by atoms with E-state index in [0.717, 1.165) is 12.8 Å². The number of nitrogens with zero attached hydrogens (tertiary/aromatic N) is 2. The number of nitrogens with one attached hydrogen (secondary N) is 1. The Morgan fingerprint density at radius 1 is 1.45 bits per heavy atom. The molecule has 0 unspecified atom stereocenters. The van der Waals surface area contributed by atoms with E-state index in [9.17, 15) is 4.79 Å². The highest BCUT2D eigenvalue weighted by molar-refractivity contribution is 6.34. The van der Waals surface area contributed by atoms with Crippen LogP contribution in [0, 0.1) is 0 Å². The third kappa shape index (κ3) is 2.63. The minimum Gasteiger partial charge on any atom is -0.496 e. The van der Waals surface area contributed by atoms with Gasteiger partial charge in [-0.2, -0.15) is 0 Å². The number of carbonyl (C=O) groups is 1. The molecule has 1 aliphatic rings. The molecule has 0 saturated heterocycles. The minimum absolute atomic E-state index is 0.200. The van der Waals surface area contributed by atoms with Gasteiger partial charge in [-0.15, -0.1) is 0 Å². The topological polar surface area (TPSA) is 90.1 Å². The molecule has 1 amide bonds. The maximum absolute atomic E-state index is 12.1. The van der Waals surface area contributed by atoms with Crippen LogP contribution in [0.25, 0.3) is 11.1 Å². The number of hydrogen-bond donors (Lipinski definition) is 2. The van der Waals surface area contributed by atoms with Gasteiger partial charge in [0.15, 0.2) is 0 Å². The normalized spacial score (nSPS) is 13.8. The highest BCUT2D eigenvalue weighted by Crippen LogP contribution is 2.41. The largest absolute Gasteiger partial charge is 0.496 e. The van der Waals surface area contributed by atoms with Gasteiger partial charge in [-0.3, -0.25) is 10.2 Å². The summed E-state index contributed by atoms with van der Waals surface area (Å²) >= 11 is 6.28. The van der Waals surface area contributed by atoms with Gasteiger partial charge in [-0.1, -0.05) is 17.7 Å². The molecule has 2 aromatic rings. The summed E-state index contributed by atoms with van der Waals surface area (Å²) in [6.45, 7) is 0. The van der Waals surface area contributed by atoms with Crippen LogP contribution < -0.4 is 16.0 Å². The van der Waals surface area contributed by atoms with Gasteiger partial charge in [0.1, 0.15) is 17.3 Å². The van der Waals surface area contributed by atoms with Crippen LogP contribution in [0.5, 0.6) is 5.75 Å². The van der Waals surface area contributed by atoms with Crippen LogP contribution in [-0.4, -0.2) is 23.0 Å². The number of amides is 1. The Morgan fingerprint density at radius 3 is 2.86 bits per heavy atom. The van der Waals surface area contributed by atoms with Crippen molar-refractivity contribution in [2.24, 2.45) is 5.84 Å². The second-order valence-corrected chi connectivity index (χ2v) is 5.46. The van der Waals surface area contributed by atoms with Crippen molar-refractivity contribution in [3.63, 3.8) is 0 Å². The first-order valence-electron chi connectivity index (χ1n) is 6.86. The summed E-state index contributed by atoms with van der Waals surface area (Å²) in [5.41, 5.74) is 3.39. The molecule has 114 valence electrons. The summed E-state index contributed by atoms with van der Waals surface area (Å²) in [4.78, 5) is 20.8. The summed E-state index contributed by atoms with van der Waals surface area (Å²) in [5.74, 6) is 6.32. The number of nitrogens with two attached hydrogens (primary N) is 1. The molecule has 1 heterocycles. The van der Waals surface area contributed by atoms with Gasteiger partial charge in [0.2, 0.25) is 0 Å². The summed E-state index contributed by atoms with van der Waals surface area (Å²) < 4.78 is 5.34. The van der Waals surface area contributed by atoms with Gasteiger partial charge < -0.3 is 4.74 Å². The molecule has 0 atom stereocenters. The third-order valence-corrected chi connectivity index (χ3v) is 3.88. The fraction of sp³-hybridized carbons (Fsp3) is 0.267. The molecule has 3 N–H and O–H groups in total. The zero-order valence-electron chi connectivity index (χ0n) is 12.0. The van der Waals surface area contributed by atoms with Crippen LogP contribution in [0.3, 0.4) is 0 Å². The molecule has 1 aromatic carbocycles. The summed E-state index contributed by atoms with van der Waals surface area (Å²) in [7, 11) is 1.54. The first-order valence-corrected chi connectivity index (χ1v) is 7.24. The fourth-order valence-corrected chi connectivity index (χ4v) is 2.56. The zero-order valence-corrected chi connectivity index (χ0v) is 12.7.